The SMILES string of the molecule is Cc1ccc(NC(=O)C(OC(=O)CCn2cnc3sc(C)c(C)c3c2=O)c2ccccc2)cc1. The maximum absolute atomic E-state index is 13.0. The van der Waals surface area contributed by atoms with Gasteiger partial charge in [-0.05, 0) is 38.5 Å². The molecule has 34 heavy (non-hydrogen) atoms. The lowest BCUT2D eigenvalue weighted by Gasteiger charge is -2.18. The Morgan fingerprint density at radius 2 is 1.76 bits per heavy atom. The first kappa shape index (κ1) is 23.4. The first-order valence-electron chi connectivity index (χ1n) is 10.9. The van der Waals surface area contributed by atoms with Crippen LogP contribution in [0.3, 0.4) is 0 Å². The van der Waals surface area contributed by atoms with E-state index < -0.39 is 18.0 Å². The van der Waals surface area contributed by atoms with Gasteiger partial charge in [0.1, 0.15) is 4.83 Å². The van der Waals surface area contributed by atoms with Gasteiger partial charge in [-0.15, -0.1) is 11.3 Å². The maximum atomic E-state index is 13.0. The van der Waals surface area contributed by atoms with Crippen molar-refractivity contribution < 1.29 is 14.3 Å². The lowest BCUT2D eigenvalue weighted by Crippen LogP contribution is -2.27. The van der Waals surface area contributed by atoms with Gasteiger partial charge in [0.25, 0.3) is 11.5 Å². The molecule has 0 aliphatic rings. The highest BCUT2D eigenvalue weighted by Gasteiger charge is 2.25. The van der Waals surface area contributed by atoms with Gasteiger partial charge in [-0.3, -0.25) is 19.0 Å². The number of rotatable bonds is 7. The molecular weight excluding hydrogens is 450 g/mol. The number of esters is 1. The van der Waals surface area contributed by atoms with E-state index in [2.05, 4.69) is 10.3 Å². The molecule has 2 aromatic carbocycles. The summed E-state index contributed by atoms with van der Waals surface area (Å²) in [7, 11) is 0. The van der Waals surface area contributed by atoms with Gasteiger partial charge in [-0.1, -0.05) is 48.0 Å². The Morgan fingerprint density at radius 3 is 2.47 bits per heavy atom. The predicted molar refractivity (Wildman–Crippen MR) is 133 cm³/mol. The summed E-state index contributed by atoms with van der Waals surface area (Å²) in [5.41, 5.74) is 2.97. The minimum atomic E-state index is -1.12. The van der Waals surface area contributed by atoms with Crippen molar-refractivity contribution in [3.8, 4) is 0 Å². The molecule has 1 unspecified atom stereocenters. The second-order valence-electron chi connectivity index (χ2n) is 8.09. The lowest BCUT2D eigenvalue weighted by molar-refractivity contribution is -0.155. The molecule has 2 heterocycles. The monoisotopic (exact) mass is 475 g/mol. The van der Waals surface area contributed by atoms with Gasteiger partial charge in [-0.25, -0.2) is 4.98 Å². The standard InChI is InChI=1S/C26H25N3O4S/c1-16-9-11-20(12-10-16)28-24(31)23(19-7-5-4-6-8-19)33-21(30)13-14-29-15-27-25-22(26(29)32)17(2)18(3)34-25/h4-12,15,23H,13-14H2,1-3H3,(H,28,31). The van der Waals surface area contributed by atoms with Crippen molar-refractivity contribution in [2.24, 2.45) is 0 Å². The molecule has 8 heteroatoms. The summed E-state index contributed by atoms with van der Waals surface area (Å²) in [6.45, 7) is 5.91. The highest BCUT2D eigenvalue weighted by molar-refractivity contribution is 7.18. The molecule has 1 N–H and O–H groups in total. The molecule has 4 rings (SSSR count). The van der Waals surface area contributed by atoms with Gasteiger partial charge in [-0.2, -0.15) is 0 Å². The molecule has 1 atom stereocenters. The second-order valence-corrected chi connectivity index (χ2v) is 9.30. The van der Waals surface area contributed by atoms with E-state index in [0.29, 0.717) is 21.5 Å². The fourth-order valence-electron chi connectivity index (χ4n) is 3.58. The summed E-state index contributed by atoms with van der Waals surface area (Å²) in [5, 5.41) is 3.39. The van der Waals surface area contributed by atoms with E-state index in [1.54, 1.807) is 36.4 Å². The van der Waals surface area contributed by atoms with Gasteiger partial charge >= 0.3 is 5.97 Å². The molecule has 174 valence electrons. The van der Waals surface area contributed by atoms with Crippen LogP contribution in [0, 0.1) is 20.8 Å². The summed E-state index contributed by atoms with van der Waals surface area (Å²) in [6.07, 6.45) is 0.261. The van der Waals surface area contributed by atoms with Crippen molar-refractivity contribution in [2.75, 3.05) is 5.32 Å². The number of aryl methyl sites for hydroxylation is 4. The normalized spacial score (nSPS) is 11.9. The molecule has 2 aromatic heterocycles. The molecule has 0 bridgehead atoms. The van der Waals surface area contributed by atoms with Crippen molar-refractivity contribution >= 4 is 39.1 Å². The van der Waals surface area contributed by atoms with Crippen LogP contribution in [0.25, 0.3) is 10.2 Å². The Kier molecular flexibility index (Phi) is 6.88. The number of hydrogen-bond donors (Lipinski definition) is 1. The van der Waals surface area contributed by atoms with Crippen LogP contribution < -0.4 is 10.9 Å². The minimum absolute atomic E-state index is 0.0730. The van der Waals surface area contributed by atoms with Crippen LogP contribution in [0.1, 0.15) is 34.1 Å². The number of amides is 1. The van der Waals surface area contributed by atoms with E-state index in [-0.39, 0.29) is 18.5 Å². The predicted octanol–water partition coefficient (Wildman–Crippen LogP) is 4.70. The summed E-state index contributed by atoms with van der Waals surface area (Å²) in [4.78, 5) is 44.7. The van der Waals surface area contributed by atoms with Crippen LogP contribution in [0.2, 0.25) is 0 Å². The average Bonchev–Trinajstić information content (AvgIpc) is 3.13. The van der Waals surface area contributed by atoms with E-state index in [0.717, 1.165) is 16.0 Å². The molecule has 0 aliphatic heterocycles. The van der Waals surface area contributed by atoms with E-state index in [1.165, 1.54) is 22.2 Å². The summed E-state index contributed by atoms with van der Waals surface area (Å²) in [6, 6.07) is 16.2. The first-order valence-corrected chi connectivity index (χ1v) is 11.7. The molecular formula is C26H25N3O4S. The molecule has 0 radical (unpaired) electrons. The smallest absolute Gasteiger partial charge is 0.308 e. The number of aromatic nitrogens is 2. The third-order valence-electron chi connectivity index (χ3n) is 5.62. The number of thiophene rings is 1. The largest absolute Gasteiger partial charge is 0.447 e. The highest BCUT2D eigenvalue weighted by Crippen LogP contribution is 2.25. The third kappa shape index (κ3) is 5.07. The van der Waals surface area contributed by atoms with Crippen LogP contribution in [0.4, 0.5) is 5.69 Å². The van der Waals surface area contributed by atoms with Gasteiger partial charge in [0, 0.05) is 22.7 Å². The quantitative estimate of drug-likeness (QED) is 0.392. The Hall–Kier alpha value is -3.78. The summed E-state index contributed by atoms with van der Waals surface area (Å²) in [5.74, 6) is -1.04. The van der Waals surface area contributed by atoms with Gasteiger partial charge in [0.05, 0.1) is 18.1 Å². The molecule has 0 saturated carbocycles. The number of hydrogen-bond acceptors (Lipinski definition) is 6. The van der Waals surface area contributed by atoms with E-state index in [4.69, 9.17) is 4.74 Å². The van der Waals surface area contributed by atoms with Crippen LogP contribution >= 0.6 is 11.3 Å². The maximum Gasteiger partial charge on any atom is 0.308 e. The van der Waals surface area contributed by atoms with Gasteiger partial charge < -0.3 is 10.1 Å². The number of nitrogens with one attached hydrogen (secondary N) is 1. The van der Waals surface area contributed by atoms with Crippen LogP contribution in [0.5, 0.6) is 0 Å². The number of anilines is 1. The molecule has 0 aliphatic carbocycles. The number of carbonyl (C=O) groups is 2. The van der Waals surface area contributed by atoms with Crippen molar-refractivity contribution in [2.45, 2.75) is 39.8 Å². The Labute approximate surface area is 201 Å². The van der Waals surface area contributed by atoms with E-state index in [9.17, 15) is 14.4 Å². The fraction of sp³-hybridized carbons (Fsp3) is 0.231. The molecule has 4 aromatic rings. The molecule has 0 saturated heterocycles. The number of nitrogens with zero attached hydrogens (tertiary/aromatic N) is 2. The topological polar surface area (TPSA) is 90.3 Å². The Morgan fingerprint density at radius 1 is 1.06 bits per heavy atom. The average molecular weight is 476 g/mol. The van der Waals surface area contributed by atoms with E-state index in [1.807, 2.05) is 39.0 Å². The summed E-state index contributed by atoms with van der Waals surface area (Å²) < 4.78 is 7.00. The molecule has 7 nitrogen and oxygen atoms in total. The minimum Gasteiger partial charge on any atom is -0.447 e. The molecule has 0 spiro atoms. The lowest BCUT2D eigenvalue weighted by atomic mass is 10.1. The zero-order valence-electron chi connectivity index (χ0n) is 19.2. The Balaban J connectivity index is 1.48. The Bertz CT molecular complexity index is 1390. The van der Waals surface area contributed by atoms with Crippen molar-refractivity contribution in [3.05, 3.63) is 92.8 Å². The molecule has 1 amide bonds. The molecule has 0 fully saturated rings. The zero-order valence-corrected chi connectivity index (χ0v) is 20.0. The highest BCUT2D eigenvalue weighted by atomic mass is 32.1. The number of fused-ring (bicyclic) bond motifs is 1. The first-order chi connectivity index (χ1) is 16.3. The van der Waals surface area contributed by atoms with Crippen LogP contribution in [0.15, 0.2) is 65.7 Å². The number of ether oxygens (including phenoxy) is 1. The summed E-state index contributed by atoms with van der Waals surface area (Å²) >= 11 is 1.48. The van der Waals surface area contributed by atoms with Crippen molar-refractivity contribution in [3.63, 3.8) is 0 Å². The third-order valence-corrected chi connectivity index (χ3v) is 6.74. The fourth-order valence-corrected chi connectivity index (χ4v) is 4.56. The number of benzene rings is 2. The van der Waals surface area contributed by atoms with Gasteiger partial charge in [0.15, 0.2) is 0 Å². The van der Waals surface area contributed by atoms with Crippen LogP contribution in [-0.4, -0.2) is 21.4 Å². The van der Waals surface area contributed by atoms with Crippen LogP contribution in [-0.2, 0) is 20.9 Å². The van der Waals surface area contributed by atoms with Gasteiger partial charge in [0.2, 0.25) is 6.10 Å². The second kappa shape index (κ2) is 10.0. The van der Waals surface area contributed by atoms with E-state index >= 15 is 0 Å². The van der Waals surface area contributed by atoms with Crippen molar-refractivity contribution in [1.29, 1.82) is 0 Å². The van der Waals surface area contributed by atoms with Crippen molar-refractivity contribution in [1.82, 2.24) is 9.55 Å². The zero-order chi connectivity index (χ0) is 24.2. The number of carbonyl (C=O) groups excluding carboxylic acids is 2.